The molecule has 38 heavy (non-hydrogen) atoms. The van der Waals surface area contributed by atoms with Crippen LogP contribution in [0.25, 0.3) is 0 Å². The van der Waals surface area contributed by atoms with Crippen LogP contribution in [0.15, 0.2) is 30.2 Å². The zero-order chi connectivity index (χ0) is 26.9. The first-order chi connectivity index (χ1) is 18.3. The van der Waals surface area contributed by atoms with E-state index in [1.807, 2.05) is 0 Å². The van der Waals surface area contributed by atoms with Gasteiger partial charge in [0.05, 0.1) is 5.69 Å². The van der Waals surface area contributed by atoms with Crippen molar-refractivity contribution in [1.82, 2.24) is 19.2 Å². The molecular weight excluding hydrogens is 500 g/mol. The number of rotatable bonds is 7. The van der Waals surface area contributed by atoms with Crippen molar-refractivity contribution in [2.24, 2.45) is 0 Å². The number of benzene rings is 1. The molecule has 1 aromatic heterocycles. The van der Waals surface area contributed by atoms with Gasteiger partial charge in [-0.05, 0) is 63.9 Å². The van der Waals surface area contributed by atoms with Crippen LogP contribution in [0.2, 0.25) is 0 Å². The van der Waals surface area contributed by atoms with E-state index < -0.39 is 10.0 Å². The van der Waals surface area contributed by atoms with Gasteiger partial charge >= 0.3 is 6.01 Å². The van der Waals surface area contributed by atoms with E-state index in [-0.39, 0.29) is 0 Å². The Morgan fingerprint density at radius 1 is 1.03 bits per heavy atom. The zero-order valence-electron chi connectivity index (χ0n) is 22.9. The zero-order valence-corrected chi connectivity index (χ0v) is 23.7. The summed E-state index contributed by atoms with van der Waals surface area (Å²) in [6.45, 7) is 13.2. The lowest BCUT2D eigenvalue weighted by Crippen LogP contribution is -2.48. The van der Waals surface area contributed by atoms with Crippen molar-refractivity contribution in [3.05, 3.63) is 52.6 Å². The van der Waals surface area contributed by atoms with Crippen molar-refractivity contribution in [3.63, 3.8) is 0 Å². The predicted octanol–water partition coefficient (Wildman–Crippen LogP) is 2.77. The molecule has 2 aromatic rings. The fourth-order valence-corrected chi connectivity index (χ4v) is 6.71. The molecule has 206 valence electrons. The van der Waals surface area contributed by atoms with E-state index in [1.54, 1.807) is 0 Å². The Kier molecular flexibility index (Phi) is 7.93. The van der Waals surface area contributed by atoms with E-state index in [0.717, 1.165) is 61.4 Å². The van der Waals surface area contributed by atoms with Crippen LogP contribution in [-0.4, -0.2) is 93.1 Å². The summed E-state index contributed by atoms with van der Waals surface area (Å²) in [5.74, 6) is 0.892. The predicted molar refractivity (Wildman–Crippen MR) is 152 cm³/mol. The molecule has 0 radical (unpaired) electrons. The van der Waals surface area contributed by atoms with Gasteiger partial charge in [-0.3, -0.25) is 0 Å². The molecule has 0 unspecified atom stereocenters. The molecule has 9 nitrogen and oxygen atoms in total. The standard InChI is InChI=1S/C28H40N6O3S/c1-5-38(35,36)34-18-16-33(17-19-34)27-24-11-14-32(26-10-6-8-21(2)22(26)3)15-12-25(24)29-28(30-27)37-20-23-9-7-13-31(23)4/h5-6,8,10,23H,1,7,9,11-20H2,2-4H3/t23-/m0/s1. The smallest absolute Gasteiger partial charge is 0.318 e. The molecular formula is C28H40N6O3S. The molecule has 3 aliphatic heterocycles. The number of aryl methyl sites for hydroxylation is 1. The van der Waals surface area contributed by atoms with E-state index >= 15 is 0 Å². The van der Waals surface area contributed by atoms with Gasteiger partial charge < -0.3 is 19.4 Å². The molecule has 0 N–H and O–H groups in total. The molecule has 0 aliphatic carbocycles. The minimum absolute atomic E-state index is 0.383. The van der Waals surface area contributed by atoms with E-state index in [2.05, 4.69) is 60.4 Å². The van der Waals surface area contributed by atoms with Crippen molar-refractivity contribution < 1.29 is 13.2 Å². The van der Waals surface area contributed by atoms with Crippen molar-refractivity contribution in [2.45, 2.75) is 45.6 Å². The first kappa shape index (κ1) is 26.9. The van der Waals surface area contributed by atoms with Gasteiger partial charge in [-0.15, -0.1) is 0 Å². The number of ether oxygens (including phenoxy) is 1. The maximum atomic E-state index is 12.3. The number of hydrogen-bond acceptors (Lipinski definition) is 8. The van der Waals surface area contributed by atoms with Gasteiger partial charge in [-0.2, -0.15) is 14.3 Å². The van der Waals surface area contributed by atoms with Crippen LogP contribution in [0.4, 0.5) is 11.5 Å². The van der Waals surface area contributed by atoms with Crippen molar-refractivity contribution in [2.75, 3.05) is 69.3 Å². The quantitative estimate of drug-likeness (QED) is 0.530. The Morgan fingerprint density at radius 2 is 1.79 bits per heavy atom. The summed E-state index contributed by atoms with van der Waals surface area (Å²) in [5, 5.41) is 1.03. The number of sulfonamides is 1. The molecule has 4 heterocycles. The lowest BCUT2D eigenvalue weighted by atomic mass is 10.1. The van der Waals surface area contributed by atoms with E-state index in [0.29, 0.717) is 44.8 Å². The minimum atomic E-state index is -3.43. The van der Waals surface area contributed by atoms with Gasteiger partial charge in [0.1, 0.15) is 12.4 Å². The topological polar surface area (TPSA) is 82.1 Å². The average molecular weight is 541 g/mol. The lowest BCUT2D eigenvalue weighted by molar-refractivity contribution is 0.187. The number of aromatic nitrogens is 2. The monoisotopic (exact) mass is 540 g/mol. The van der Waals surface area contributed by atoms with Crippen molar-refractivity contribution >= 4 is 21.5 Å². The third-order valence-electron chi connectivity index (χ3n) is 8.40. The summed E-state index contributed by atoms with van der Waals surface area (Å²) in [5.41, 5.74) is 6.08. The molecule has 10 heteroatoms. The summed E-state index contributed by atoms with van der Waals surface area (Å²) < 4.78 is 32.4. The van der Waals surface area contributed by atoms with E-state index in [4.69, 9.17) is 14.7 Å². The Hall–Kier alpha value is -2.69. The van der Waals surface area contributed by atoms with Gasteiger partial charge in [0, 0.05) is 68.4 Å². The first-order valence-corrected chi connectivity index (χ1v) is 15.2. The Bertz CT molecular complexity index is 1280. The molecule has 1 atom stereocenters. The Morgan fingerprint density at radius 3 is 2.50 bits per heavy atom. The van der Waals surface area contributed by atoms with Gasteiger partial charge in [0.15, 0.2) is 0 Å². The highest BCUT2D eigenvalue weighted by molar-refractivity contribution is 7.92. The SMILES string of the molecule is C=CS(=O)(=O)N1CCN(c2nc(OC[C@@H]3CCCN3C)nc3c2CCN(c2cccc(C)c2C)CC3)CC1. The van der Waals surface area contributed by atoms with Crippen LogP contribution in [0, 0.1) is 13.8 Å². The number of likely N-dealkylation sites (tertiary alicyclic amines) is 1. The maximum Gasteiger partial charge on any atom is 0.318 e. The first-order valence-electron chi connectivity index (χ1n) is 13.7. The summed E-state index contributed by atoms with van der Waals surface area (Å²) >= 11 is 0. The van der Waals surface area contributed by atoms with Crippen LogP contribution in [-0.2, 0) is 22.9 Å². The number of nitrogens with zero attached hydrogens (tertiary/aromatic N) is 6. The van der Waals surface area contributed by atoms with Gasteiger partial charge in [0.25, 0.3) is 0 Å². The number of fused-ring (bicyclic) bond motifs is 1. The largest absolute Gasteiger partial charge is 0.462 e. The molecule has 0 saturated carbocycles. The van der Waals surface area contributed by atoms with Crippen LogP contribution < -0.4 is 14.5 Å². The van der Waals surface area contributed by atoms with Crippen LogP contribution in [0.3, 0.4) is 0 Å². The highest BCUT2D eigenvalue weighted by Gasteiger charge is 2.30. The van der Waals surface area contributed by atoms with Gasteiger partial charge in [-0.25, -0.2) is 8.42 Å². The summed E-state index contributed by atoms with van der Waals surface area (Å²) in [6.07, 6.45) is 3.95. The number of likely N-dealkylation sites (N-methyl/N-ethyl adjacent to an activating group) is 1. The van der Waals surface area contributed by atoms with Crippen LogP contribution in [0.5, 0.6) is 6.01 Å². The normalized spacial score (nSPS) is 21.3. The third kappa shape index (κ3) is 5.53. The molecule has 3 aliphatic rings. The lowest BCUT2D eigenvalue weighted by Gasteiger charge is -2.35. The Labute approximate surface area is 227 Å². The summed E-state index contributed by atoms with van der Waals surface area (Å²) in [4.78, 5) is 16.9. The number of piperazine rings is 1. The number of hydrogen-bond donors (Lipinski definition) is 0. The second kappa shape index (κ2) is 11.2. The summed E-state index contributed by atoms with van der Waals surface area (Å²) in [7, 11) is -1.28. The molecule has 2 fully saturated rings. The second-order valence-corrected chi connectivity index (χ2v) is 12.5. The van der Waals surface area contributed by atoms with E-state index in [1.165, 1.54) is 27.5 Å². The van der Waals surface area contributed by atoms with Crippen LogP contribution in [0.1, 0.15) is 35.2 Å². The van der Waals surface area contributed by atoms with Crippen LogP contribution >= 0.6 is 0 Å². The average Bonchev–Trinajstić information content (AvgIpc) is 3.21. The molecule has 1 aromatic carbocycles. The minimum Gasteiger partial charge on any atom is -0.462 e. The highest BCUT2D eigenvalue weighted by atomic mass is 32.2. The third-order valence-corrected chi connectivity index (χ3v) is 9.91. The molecule has 0 spiro atoms. The van der Waals surface area contributed by atoms with Crippen molar-refractivity contribution in [3.8, 4) is 6.01 Å². The maximum absolute atomic E-state index is 12.3. The highest BCUT2D eigenvalue weighted by Crippen LogP contribution is 2.31. The fourth-order valence-electron chi connectivity index (χ4n) is 5.82. The van der Waals surface area contributed by atoms with Crippen molar-refractivity contribution in [1.29, 1.82) is 0 Å². The Balaban J connectivity index is 1.41. The number of anilines is 2. The molecule has 0 amide bonds. The molecule has 5 rings (SSSR count). The fraction of sp³-hybridized carbons (Fsp3) is 0.571. The summed E-state index contributed by atoms with van der Waals surface area (Å²) in [6, 6.07) is 7.31. The molecule has 2 saturated heterocycles. The van der Waals surface area contributed by atoms with Gasteiger partial charge in [0.2, 0.25) is 10.0 Å². The van der Waals surface area contributed by atoms with Gasteiger partial charge in [-0.1, -0.05) is 18.7 Å². The van der Waals surface area contributed by atoms with E-state index in [9.17, 15) is 8.42 Å². The molecule has 0 bridgehead atoms. The second-order valence-electron chi connectivity index (χ2n) is 10.6.